The van der Waals surface area contributed by atoms with Crippen molar-refractivity contribution in [1.29, 1.82) is 0 Å². The molecule has 0 heterocycles. The lowest BCUT2D eigenvalue weighted by molar-refractivity contribution is -0.118. The van der Waals surface area contributed by atoms with Crippen LogP contribution in [-0.2, 0) is 21.4 Å². The number of halogens is 2. The van der Waals surface area contributed by atoms with E-state index >= 15 is 0 Å². The third-order valence-electron chi connectivity index (χ3n) is 5.18. The molecule has 1 amide bonds. The van der Waals surface area contributed by atoms with Crippen molar-refractivity contribution in [3.05, 3.63) is 88.7 Å². The Bertz CT molecular complexity index is 1230. The Morgan fingerprint density at radius 2 is 1.73 bits per heavy atom. The van der Waals surface area contributed by atoms with Gasteiger partial charge in [-0.2, -0.15) is 4.31 Å². The van der Waals surface area contributed by atoms with Gasteiger partial charge in [-0.05, 0) is 43.3 Å². The first-order valence-corrected chi connectivity index (χ1v) is 11.9. The molecule has 174 valence electrons. The molecular formula is C24H24ClFN2O4S. The molecule has 33 heavy (non-hydrogen) atoms. The van der Waals surface area contributed by atoms with E-state index in [1.54, 1.807) is 36.4 Å². The van der Waals surface area contributed by atoms with E-state index < -0.39 is 34.8 Å². The Morgan fingerprint density at radius 1 is 1.06 bits per heavy atom. The average Bonchev–Trinajstić information content (AvgIpc) is 2.80. The van der Waals surface area contributed by atoms with Gasteiger partial charge in [0.25, 0.3) is 0 Å². The summed E-state index contributed by atoms with van der Waals surface area (Å²) >= 11 is 6.15. The van der Waals surface area contributed by atoms with Crippen LogP contribution >= 0.6 is 11.6 Å². The number of methoxy groups -OCH3 is 1. The van der Waals surface area contributed by atoms with Gasteiger partial charge in [-0.15, -0.1) is 0 Å². The summed E-state index contributed by atoms with van der Waals surface area (Å²) in [4.78, 5) is 14.4. The molecule has 0 aromatic heterocycles. The average molecular weight is 491 g/mol. The van der Waals surface area contributed by atoms with E-state index in [9.17, 15) is 17.6 Å². The van der Waals surface area contributed by atoms with E-state index in [1.807, 2.05) is 6.92 Å². The minimum atomic E-state index is -4.14. The topological polar surface area (TPSA) is 66.9 Å². The number of sulfonamides is 1. The molecule has 0 bridgehead atoms. The molecule has 6 nitrogen and oxygen atoms in total. The van der Waals surface area contributed by atoms with Gasteiger partial charge < -0.3 is 9.64 Å². The number of hydrogen-bond acceptors (Lipinski definition) is 4. The Morgan fingerprint density at radius 3 is 2.36 bits per heavy atom. The molecule has 0 atom stereocenters. The fourth-order valence-electron chi connectivity index (χ4n) is 3.16. The summed E-state index contributed by atoms with van der Waals surface area (Å²) in [6.07, 6.45) is 0. The standard InChI is InChI=1S/C24H24ClFN2O4S/c1-17-10-12-20(13-11-17)33(30,31)28(15-21-22(25)8-5-9-23(21)26)16-24(29)27(2)18-6-4-7-19(14-18)32-3/h4-14H,15-16H2,1-3H3. The third kappa shape index (κ3) is 5.71. The van der Waals surface area contributed by atoms with E-state index in [2.05, 4.69) is 0 Å². The summed E-state index contributed by atoms with van der Waals surface area (Å²) in [7, 11) is -1.10. The van der Waals surface area contributed by atoms with Gasteiger partial charge in [-0.25, -0.2) is 12.8 Å². The van der Waals surface area contributed by atoms with Crippen LogP contribution in [0.2, 0.25) is 5.02 Å². The third-order valence-corrected chi connectivity index (χ3v) is 7.34. The number of anilines is 1. The van der Waals surface area contributed by atoms with Crippen LogP contribution in [0.25, 0.3) is 0 Å². The predicted octanol–water partition coefficient (Wildman–Crippen LogP) is 4.65. The highest BCUT2D eigenvalue weighted by atomic mass is 35.5. The molecule has 3 aromatic carbocycles. The van der Waals surface area contributed by atoms with Crippen LogP contribution < -0.4 is 9.64 Å². The van der Waals surface area contributed by atoms with Crippen molar-refractivity contribution in [1.82, 2.24) is 4.31 Å². The van der Waals surface area contributed by atoms with Crippen LogP contribution in [0.5, 0.6) is 5.75 Å². The summed E-state index contributed by atoms with van der Waals surface area (Å²) in [5, 5.41) is 0.0766. The lowest BCUT2D eigenvalue weighted by atomic mass is 10.2. The van der Waals surface area contributed by atoms with E-state index in [0.29, 0.717) is 11.4 Å². The van der Waals surface area contributed by atoms with E-state index in [1.165, 1.54) is 49.4 Å². The molecule has 0 unspecified atom stereocenters. The normalized spacial score (nSPS) is 11.5. The fraction of sp³-hybridized carbons (Fsp3) is 0.208. The quantitative estimate of drug-likeness (QED) is 0.461. The number of carbonyl (C=O) groups is 1. The molecule has 0 spiro atoms. The molecular weight excluding hydrogens is 467 g/mol. The van der Waals surface area contributed by atoms with E-state index in [-0.39, 0.29) is 15.5 Å². The van der Waals surface area contributed by atoms with Crippen molar-refractivity contribution in [3.63, 3.8) is 0 Å². The van der Waals surface area contributed by atoms with Crippen molar-refractivity contribution in [2.75, 3.05) is 25.6 Å². The fourth-order valence-corrected chi connectivity index (χ4v) is 4.75. The predicted molar refractivity (Wildman–Crippen MR) is 127 cm³/mol. The summed E-state index contributed by atoms with van der Waals surface area (Å²) in [6, 6.07) is 17.1. The molecule has 0 saturated carbocycles. The van der Waals surface area contributed by atoms with Gasteiger partial charge >= 0.3 is 0 Å². The number of amides is 1. The zero-order valence-electron chi connectivity index (χ0n) is 18.5. The molecule has 3 aromatic rings. The molecule has 0 saturated heterocycles. The van der Waals surface area contributed by atoms with Crippen LogP contribution in [0.15, 0.2) is 71.6 Å². The van der Waals surface area contributed by atoms with Gasteiger partial charge in [-0.1, -0.05) is 41.4 Å². The highest BCUT2D eigenvalue weighted by Gasteiger charge is 2.30. The number of ether oxygens (including phenoxy) is 1. The molecule has 0 aliphatic rings. The van der Waals surface area contributed by atoms with Gasteiger partial charge in [0.1, 0.15) is 11.6 Å². The molecule has 0 radical (unpaired) electrons. The summed E-state index contributed by atoms with van der Waals surface area (Å²) in [6.45, 7) is 0.911. The number of likely N-dealkylation sites (N-methyl/N-ethyl adjacent to an activating group) is 1. The summed E-state index contributed by atoms with van der Waals surface area (Å²) in [5.41, 5.74) is 1.40. The number of carbonyl (C=O) groups excluding carboxylic acids is 1. The van der Waals surface area contributed by atoms with Gasteiger partial charge in [-0.3, -0.25) is 4.79 Å². The van der Waals surface area contributed by atoms with Crippen LogP contribution in [-0.4, -0.2) is 39.3 Å². The van der Waals surface area contributed by atoms with Gasteiger partial charge in [0, 0.05) is 35.9 Å². The lowest BCUT2D eigenvalue weighted by Crippen LogP contribution is -2.41. The van der Waals surface area contributed by atoms with E-state index in [0.717, 1.165) is 9.87 Å². The van der Waals surface area contributed by atoms with Gasteiger partial charge in [0.15, 0.2) is 0 Å². The number of hydrogen-bond donors (Lipinski definition) is 0. The second-order valence-electron chi connectivity index (χ2n) is 7.44. The lowest BCUT2D eigenvalue weighted by Gasteiger charge is -2.26. The zero-order valence-corrected chi connectivity index (χ0v) is 20.0. The number of aryl methyl sites for hydroxylation is 1. The first-order chi connectivity index (χ1) is 15.6. The van der Waals surface area contributed by atoms with Crippen molar-refractivity contribution < 1.29 is 22.3 Å². The molecule has 3 rings (SSSR count). The largest absolute Gasteiger partial charge is 0.497 e. The van der Waals surface area contributed by atoms with Crippen molar-refractivity contribution in [3.8, 4) is 5.75 Å². The van der Waals surface area contributed by atoms with E-state index in [4.69, 9.17) is 16.3 Å². The van der Waals surface area contributed by atoms with Crippen molar-refractivity contribution in [2.45, 2.75) is 18.4 Å². The minimum Gasteiger partial charge on any atom is -0.497 e. The maximum Gasteiger partial charge on any atom is 0.243 e. The highest BCUT2D eigenvalue weighted by molar-refractivity contribution is 7.89. The number of nitrogens with zero attached hydrogens (tertiary/aromatic N) is 2. The molecule has 0 aliphatic heterocycles. The van der Waals surface area contributed by atoms with Gasteiger partial charge in [0.2, 0.25) is 15.9 Å². The Labute approximate surface area is 198 Å². The van der Waals surface area contributed by atoms with Crippen LogP contribution in [0, 0.1) is 12.7 Å². The summed E-state index contributed by atoms with van der Waals surface area (Å²) < 4.78 is 47.5. The highest BCUT2D eigenvalue weighted by Crippen LogP contribution is 2.26. The molecule has 0 aliphatic carbocycles. The molecule has 0 N–H and O–H groups in total. The smallest absolute Gasteiger partial charge is 0.243 e. The molecule has 9 heteroatoms. The maximum absolute atomic E-state index is 14.5. The van der Waals surface area contributed by atoms with Crippen LogP contribution in [0.1, 0.15) is 11.1 Å². The monoisotopic (exact) mass is 490 g/mol. The first kappa shape index (κ1) is 24.7. The zero-order chi connectivity index (χ0) is 24.2. The van der Waals surface area contributed by atoms with Crippen molar-refractivity contribution in [2.24, 2.45) is 0 Å². The minimum absolute atomic E-state index is 0.00241. The number of rotatable bonds is 8. The van der Waals surface area contributed by atoms with Crippen LogP contribution in [0.3, 0.4) is 0 Å². The van der Waals surface area contributed by atoms with Crippen LogP contribution in [0.4, 0.5) is 10.1 Å². The number of benzene rings is 3. The maximum atomic E-state index is 14.5. The summed E-state index contributed by atoms with van der Waals surface area (Å²) in [5.74, 6) is -0.610. The second-order valence-corrected chi connectivity index (χ2v) is 9.79. The molecule has 0 fully saturated rings. The first-order valence-electron chi connectivity index (χ1n) is 10.0. The Hall–Kier alpha value is -2.94. The second kappa shape index (κ2) is 10.3. The van der Waals surface area contributed by atoms with Crippen molar-refractivity contribution >= 4 is 33.2 Å². The Kier molecular flexibility index (Phi) is 7.73. The SMILES string of the molecule is COc1cccc(N(C)C(=O)CN(Cc2c(F)cccc2Cl)S(=O)(=O)c2ccc(C)cc2)c1. The van der Waals surface area contributed by atoms with Gasteiger partial charge in [0.05, 0.1) is 18.6 Å². The Balaban J connectivity index is 1.97.